The Hall–Kier alpha value is -2.34. The van der Waals surface area contributed by atoms with Crippen LogP contribution in [0.5, 0.6) is 11.5 Å². The quantitative estimate of drug-likeness (QED) is 0.741. The Labute approximate surface area is 119 Å². The molecule has 0 atom stereocenters. The van der Waals surface area contributed by atoms with E-state index in [4.69, 9.17) is 21.1 Å². The smallest absolute Gasteiger partial charge is 0.198 e. The lowest BCUT2D eigenvalue weighted by atomic mass is 10.1. The molecule has 0 aliphatic carbocycles. The second kappa shape index (κ2) is 4.97. The first-order valence-electron chi connectivity index (χ1n) is 5.83. The maximum Gasteiger partial charge on any atom is 0.198 e. The summed E-state index contributed by atoms with van der Waals surface area (Å²) in [5, 5.41) is 8.51. The van der Waals surface area contributed by atoms with Gasteiger partial charge in [-0.25, -0.2) is 4.98 Å². The fraction of sp³-hybridized carbons (Fsp3) is 0.154. The van der Waals surface area contributed by atoms with Crippen LogP contribution in [-0.4, -0.2) is 33.8 Å². The Morgan fingerprint density at radius 1 is 1.15 bits per heavy atom. The van der Waals surface area contributed by atoms with E-state index < -0.39 is 0 Å². The fourth-order valence-electron chi connectivity index (χ4n) is 2.04. The molecule has 7 heteroatoms. The van der Waals surface area contributed by atoms with Crippen molar-refractivity contribution in [3.8, 4) is 22.9 Å². The molecule has 0 bridgehead atoms. The van der Waals surface area contributed by atoms with E-state index in [1.807, 2.05) is 18.2 Å². The molecule has 0 saturated carbocycles. The number of nitrogens with zero attached hydrogens (tertiary/aromatic N) is 4. The van der Waals surface area contributed by atoms with Crippen LogP contribution in [0, 0.1) is 0 Å². The van der Waals surface area contributed by atoms with Crippen molar-refractivity contribution in [2.24, 2.45) is 0 Å². The number of halogens is 1. The van der Waals surface area contributed by atoms with Gasteiger partial charge in [0, 0.05) is 12.4 Å². The molecule has 6 nitrogen and oxygen atoms in total. The number of aromatic nitrogens is 4. The molecule has 0 N–H and O–H groups in total. The maximum atomic E-state index is 6.00. The lowest BCUT2D eigenvalue weighted by Gasteiger charge is -2.11. The third kappa shape index (κ3) is 1.85. The first-order valence-corrected chi connectivity index (χ1v) is 6.20. The molecular formula is C13H11ClN4O2. The van der Waals surface area contributed by atoms with Crippen LogP contribution in [0.15, 0.2) is 30.6 Å². The number of benzene rings is 1. The summed E-state index contributed by atoms with van der Waals surface area (Å²) in [7, 11) is 3.17. The predicted octanol–water partition coefficient (Wildman–Crippen LogP) is 2.46. The fourth-order valence-corrected chi connectivity index (χ4v) is 2.23. The highest BCUT2D eigenvalue weighted by molar-refractivity contribution is 6.32. The summed E-state index contributed by atoms with van der Waals surface area (Å²) in [6, 6.07) is 5.56. The summed E-state index contributed by atoms with van der Waals surface area (Å²) in [6.45, 7) is 0. The number of rotatable bonds is 3. The third-order valence-corrected chi connectivity index (χ3v) is 3.19. The minimum absolute atomic E-state index is 0.299. The number of ether oxygens (including phenoxy) is 2. The van der Waals surface area contributed by atoms with Crippen molar-refractivity contribution in [1.82, 2.24) is 19.6 Å². The Bertz CT molecular complexity index is 772. The second-order valence-electron chi connectivity index (χ2n) is 3.98. The van der Waals surface area contributed by atoms with Gasteiger partial charge in [-0.3, -0.25) is 4.40 Å². The van der Waals surface area contributed by atoms with Crippen LogP contribution in [0.25, 0.3) is 17.0 Å². The zero-order valence-corrected chi connectivity index (χ0v) is 11.6. The molecule has 0 fully saturated rings. The number of para-hydroxylation sites is 1. The van der Waals surface area contributed by atoms with Crippen LogP contribution in [0.2, 0.25) is 5.15 Å². The highest BCUT2D eigenvalue weighted by Gasteiger charge is 2.17. The standard InChI is InChI=1S/C13H11ClN4O2/c1-19-9-5-3-4-8(10(9)20-2)12-16-17-13-11(14)15-6-7-18(12)13/h3-7H,1-2H3. The number of hydrogen-bond donors (Lipinski definition) is 0. The summed E-state index contributed by atoms with van der Waals surface area (Å²) in [5.74, 6) is 1.83. The lowest BCUT2D eigenvalue weighted by molar-refractivity contribution is 0.356. The Balaban J connectivity index is 2.29. The summed E-state index contributed by atoms with van der Waals surface area (Å²) in [6.07, 6.45) is 3.34. The first kappa shape index (κ1) is 12.7. The van der Waals surface area contributed by atoms with Gasteiger partial charge < -0.3 is 9.47 Å². The van der Waals surface area contributed by atoms with Gasteiger partial charge in [-0.15, -0.1) is 10.2 Å². The number of methoxy groups -OCH3 is 2. The summed E-state index contributed by atoms with van der Waals surface area (Å²) in [4.78, 5) is 3.98. The van der Waals surface area contributed by atoms with Crippen LogP contribution in [-0.2, 0) is 0 Å². The van der Waals surface area contributed by atoms with Gasteiger partial charge in [0.05, 0.1) is 19.8 Å². The van der Waals surface area contributed by atoms with Crippen LogP contribution in [0.3, 0.4) is 0 Å². The van der Waals surface area contributed by atoms with Gasteiger partial charge in [0.15, 0.2) is 28.1 Å². The maximum absolute atomic E-state index is 6.00. The van der Waals surface area contributed by atoms with E-state index in [9.17, 15) is 0 Å². The third-order valence-electron chi connectivity index (χ3n) is 2.93. The van der Waals surface area contributed by atoms with Crippen LogP contribution >= 0.6 is 11.6 Å². The van der Waals surface area contributed by atoms with Crippen molar-refractivity contribution in [3.05, 3.63) is 35.7 Å². The molecule has 20 heavy (non-hydrogen) atoms. The van der Waals surface area contributed by atoms with Gasteiger partial charge >= 0.3 is 0 Å². The zero-order valence-electron chi connectivity index (χ0n) is 10.9. The Kier molecular flexibility index (Phi) is 3.15. The molecule has 0 aliphatic heterocycles. The molecule has 0 radical (unpaired) electrons. The van der Waals surface area contributed by atoms with E-state index >= 15 is 0 Å². The van der Waals surface area contributed by atoms with E-state index in [-0.39, 0.29) is 0 Å². The van der Waals surface area contributed by atoms with Gasteiger partial charge in [0.1, 0.15) is 0 Å². The molecule has 3 rings (SSSR count). The van der Waals surface area contributed by atoms with Gasteiger partial charge in [-0.05, 0) is 12.1 Å². The minimum atomic E-state index is 0.299. The van der Waals surface area contributed by atoms with Crippen molar-refractivity contribution in [2.75, 3.05) is 14.2 Å². The average molecular weight is 291 g/mol. The van der Waals surface area contributed by atoms with Crippen LogP contribution in [0.4, 0.5) is 0 Å². The lowest BCUT2D eigenvalue weighted by Crippen LogP contribution is -1.96. The highest BCUT2D eigenvalue weighted by atomic mass is 35.5. The van der Waals surface area contributed by atoms with Crippen molar-refractivity contribution in [1.29, 1.82) is 0 Å². The molecule has 2 aromatic heterocycles. The van der Waals surface area contributed by atoms with E-state index in [0.717, 1.165) is 5.56 Å². The van der Waals surface area contributed by atoms with Gasteiger partial charge in [-0.1, -0.05) is 17.7 Å². The zero-order chi connectivity index (χ0) is 14.1. The molecule has 102 valence electrons. The monoisotopic (exact) mass is 290 g/mol. The minimum Gasteiger partial charge on any atom is -0.493 e. The molecule has 1 aromatic carbocycles. The summed E-state index contributed by atoms with van der Waals surface area (Å²) in [5.41, 5.74) is 1.26. The molecule has 0 spiro atoms. The van der Waals surface area contributed by atoms with Gasteiger partial charge in [0.25, 0.3) is 0 Å². The van der Waals surface area contributed by atoms with Gasteiger partial charge in [0.2, 0.25) is 0 Å². The molecule has 3 aromatic rings. The van der Waals surface area contributed by atoms with Crippen molar-refractivity contribution in [2.45, 2.75) is 0 Å². The SMILES string of the molecule is COc1cccc(-c2nnc3c(Cl)nccn23)c1OC. The normalized spacial score (nSPS) is 10.8. The molecule has 0 unspecified atom stereocenters. The molecule has 0 amide bonds. The Morgan fingerprint density at radius 3 is 2.75 bits per heavy atom. The topological polar surface area (TPSA) is 61.5 Å². The van der Waals surface area contributed by atoms with Gasteiger partial charge in [-0.2, -0.15) is 0 Å². The second-order valence-corrected chi connectivity index (χ2v) is 4.33. The van der Waals surface area contributed by atoms with E-state index in [2.05, 4.69) is 15.2 Å². The Morgan fingerprint density at radius 2 is 2.00 bits per heavy atom. The van der Waals surface area contributed by atoms with E-state index in [0.29, 0.717) is 28.1 Å². The average Bonchev–Trinajstić information content (AvgIpc) is 2.91. The number of hydrogen-bond acceptors (Lipinski definition) is 5. The van der Waals surface area contributed by atoms with Crippen molar-refractivity contribution < 1.29 is 9.47 Å². The largest absolute Gasteiger partial charge is 0.493 e. The number of fused-ring (bicyclic) bond motifs is 1. The van der Waals surface area contributed by atoms with Crippen LogP contribution in [0.1, 0.15) is 0 Å². The van der Waals surface area contributed by atoms with Crippen molar-refractivity contribution >= 4 is 17.2 Å². The first-order chi connectivity index (χ1) is 9.76. The molecule has 0 saturated heterocycles. The summed E-state index contributed by atoms with van der Waals surface area (Å²) < 4.78 is 12.5. The van der Waals surface area contributed by atoms with Crippen molar-refractivity contribution in [3.63, 3.8) is 0 Å². The molecule has 0 aliphatic rings. The summed E-state index contributed by atoms with van der Waals surface area (Å²) >= 11 is 6.00. The predicted molar refractivity (Wildman–Crippen MR) is 74.3 cm³/mol. The molecular weight excluding hydrogens is 280 g/mol. The van der Waals surface area contributed by atoms with E-state index in [1.165, 1.54) is 0 Å². The van der Waals surface area contributed by atoms with Crippen LogP contribution < -0.4 is 9.47 Å². The van der Waals surface area contributed by atoms with E-state index in [1.54, 1.807) is 31.0 Å². The molecule has 2 heterocycles. The highest BCUT2D eigenvalue weighted by Crippen LogP contribution is 2.37.